The van der Waals surface area contributed by atoms with E-state index in [0.717, 1.165) is 37.5 Å². The predicted octanol–water partition coefficient (Wildman–Crippen LogP) is 3.81. The van der Waals surface area contributed by atoms with Crippen molar-refractivity contribution in [2.45, 2.75) is 32.7 Å². The maximum atomic E-state index is 12.6. The number of carbonyl (C=O) groups is 1. The van der Waals surface area contributed by atoms with Gasteiger partial charge in [-0.2, -0.15) is 0 Å². The molecule has 4 rings (SSSR count). The zero-order valence-corrected chi connectivity index (χ0v) is 17.0. The molecular formula is C23H29N3O2. The Kier molecular flexibility index (Phi) is 5.16. The minimum Gasteiger partial charge on any atom is -0.497 e. The van der Waals surface area contributed by atoms with Gasteiger partial charge in [0.2, 0.25) is 5.91 Å². The Balaban J connectivity index is 1.35. The Labute approximate surface area is 167 Å². The van der Waals surface area contributed by atoms with Gasteiger partial charge in [-0.25, -0.2) is 0 Å². The van der Waals surface area contributed by atoms with Crippen LogP contribution in [0.1, 0.15) is 35.8 Å². The Morgan fingerprint density at radius 2 is 1.75 bits per heavy atom. The van der Waals surface area contributed by atoms with Crippen molar-refractivity contribution < 1.29 is 9.53 Å². The van der Waals surface area contributed by atoms with Crippen LogP contribution in [0.3, 0.4) is 0 Å². The Bertz CT molecular complexity index is 870. The van der Waals surface area contributed by atoms with Crippen molar-refractivity contribution in [3.05, 3.63) is 53.4 Å². The molecule has 0 radical (unpaired) electrons. The van der Waals surface area contributed by atoms with Crippen molar-refractivity contribution in [2.75, 3.05) is 38.2 Å². The van der Waals surface area contributed by atoms with Gasteiger partial charge in [0.1, 0.15) is 5.75 Å². The van der Waals surface area contributed by atoms with Crippen LogP contribution in [0.15, 0.2) is 36.4 Å². The van der Waals surface area contributed by atoms with Crippen LogP contribution in [-0.2, 0) is 4.79 Å². The topological polar surface area (TPSA) is 37.7 Å². The SMILES string of the molecule is COc1ccc(N2CCN(C(=O)C=Cc3cc(C)n(C4CC4)c3C)CC2)cc1. The minimum absolute atomic E-state index is 0.102. The molecule has 28 heavy (non-hydrogen) atoms. The highest BCUT2D eigenvalue weighted by atomic mass is 16.5. The maximum absolute atomic E-state index is 12.6. The number of aromatic nitrogens is 1. The van der Waals surface area contributed by atoms with Crippen molar-refractivity contribution in [3.63, 3.8) is 0 Å². The predicted molar refractivity (Wildman–Crippen MR) is 113 cm³/mol. The van der Waals surface area contributed by atoms with Gasteiger partial charge in [-0.3, -0.25) is 4.79 Å². The Morgan fingerprint density at radius 3 is 2.36 bits per heavy atom. The zero-order chi connectivity index (χ0) is 19.7. The number of rotatable bonds is 5. The molecule has 1 aromatic heterocycles. The van der Waals surface area contributed by atoms with Crippen molar-refractivity contribution in [3.8, 4) is 5.75 Å². The fourth-order valence-electron chi connectivity index (χ4n) is 4.11. The number of aryl methyl sites for hydroxylation is 1. The third kappa shape index (κ3) is 3.79. The molecule has 0 spiro atoms. The summed E-state index contributed by atoms with van der Waals surface area (Å²) in [5.41, 5.74) is 4.90. The summed E-state index contributed by atoms with van der Waals surface area (Å²) in [6.45, 7) is 7.50. The number of hydrogen-bond acceptors (Lipinski definition) is 3. The van der Waals surface area contributed by atoms with Crippen LogP contribution in [0.5, 0.6) is 5.75 Å². The molecule has 0 bridgehead atoms. The summed E-state index contributed by atoms with van der Waals surface area (Å²) in [5.74, 6) is 0.967. The molecule has 1 saturated carbocycles. The van der Waals surface area contributed by atoms with Gasteiger partial charge in [-0.05, 0) is 68.7 Å². The summed E-state index contributed by atoms with van der Waals surface area (Å²) in [5, 5.41) is 0. The van der Waals surface area contributed by atoms with Gasteiger partial charge in [0, 0.05) is 55.4 Å². The van der Waals surface area contributed by atoms with Crippen LogP contribution in [0.2, 0.25) is 0 Å². The Hall–Kier alpha value is -2.69. The summed E-state index contributed by atoms with van der Waals surface area (Å²) in [4.78, 5) is 16.9. The molecule has 148 valence electrons. The van der Waals surface area contributed by atoms with E-state index in [9.17, 15) is 4.79 Å². The van der Waals surface area contributed by atoms with Gasteiger partial charge in [0.15, 0.2) is 0 Å². The zero-order valence-electron chi connectivity index (χ0n) is 17.0. The number of methoxy groups -OCH3 is 1. The van der Waals surface area contributed by atoms with Crippen LogP contribution < -0.4 is 9.64 Å². The number of nitrogens with zero attached hydrogens (tertiary/aromatic N) is 3. The number of benzene rings is 1. The van der Waals surface area contributed by atoms with Crippen LogP contribution >= 0.6 is 0 Å². The lowest BCUT2D eigenvalue weighted by molar-refractivity contribution is -0.126. The lowest BCUT2D eigenvalue weighted by Gasteiger charge is -2.35. The fraction of sp³-hybridized carbons (Fsp3) is 0.435. The van der Waals surface area contributed by atoms with Gasteiger partial charge in [-0.1, -0.05) is 0 Å². The molecular weight excluding hydrogens is 350 g/mol. The number of hydrogen-bond donors (Lipinski definition) is 0. The standard InChI is InChI=1S/C23H29N3O2/c1-17-16-19(18(2)26(17)21-5-6-21)4-11-23(27)25-14-12-24(13-15-25)20-7-9-22(28-3)10-8-20/h4,7-11,16,21H,5-6,12-15H2,1-3H3. The lowest BCUT2D eigenvalue weighted by Crippen LogP contribution is -2.48. The molecule has 1 aliphatic carbocycles. The van der Waals surface area contributed by atoms with Crippen LogP contribution in [0.25, 0.3) is 6.08 Å². The molecule has 0 unspecified atom stereocenters. The number of ether oxygens (including phenoxy) is 1. The first-order chi connectivity index (χ1) is 13.6. The fourth-order valence-corrected chi connectivity index (χ4v) is 4.11. The summed E-state index contributed by atoms with van der Waals surface area (Å²) in [6, 6.07) is 11.0. The average Bonchev–Trinajstić information content (AvgIpc) is 3.51. The maximum Gasteiger partial charge on any atom is 0.246 e. The van der Waals surface area contributed by atoms with Crippen LogP contribution in [0.4, 0.5) is 5.69 Å². The molecule has 1 amide bonds. The molecule has 5 heteroatoms. The highest BCUT2D eigenvalue weighted by Crippen LogP contribution is 2.38. The van der Waals surface area contributed by atoms with Crippen LogP contribution in [-0.4, -0.2) is 48.7 Å². The van der Waals surface area contributed by atoms with Gasteiger partial charge in [0.25, 0.3) is 0 Å². The van der Waals surface area contributed by atoms with E-state index < -0.39 is 0 Å². The third-order valence-electron chi connectivity index (χ3n) is 5.87. The smallest absolute Gasteiger partial charge is 0.246 e. The van der Waals surface area contributed by atoms with E-state index in [1.807, 2.05) is 23.1 Å². The molecule has 2 fully saturated rings. The minimum atomic E-state index is 0.102. The molecule has 0 N–H and O–H groups in total. The summed E-state index contributed by atoms with van der Waals surface area (Å²) < 4.78 is 7.64. The van der Waals surface area contributed by atoms with Gasteiger partial charge in [-0.15, -0.1) is 0 Å². The molecule has 1 saturated heterocycles. The first-order valence-corrected chi connectivity index (χ1v) is 10.1. The molecule has 2 aliphatic rings. The van der Waals surface area contributed by atoms with Gasteiger partial charge < -0.3 is 19.1 Å². The average molecular weight is 380 g/mol. The molecule has 5 nitrogen and oxygen atoms in total. The van der Waals surface area contributed by atoms with E-state index in [4.69, 9.17) is 4.74 Å². The van der Waals surface area contributed by atoms with Crippen molar-refractivity contribution in [1.29, 1.82) is 0 Å². The van der Waals surface area contributed by atoms with E-state index in [1.54, 1.807) is 13.2 Å². The monoisotopic (exact) mass is 379 g/mol. The number of piperazine rings is 1. The molecule has 2 heterocycles. The normalized spacial score (nSPS) is 17.4. The second-order valence-electron chi connectivity index (χ2n) is 7.77. The van der Waals surface area contributed by atoms with Crippen molar-refractivity contribution in [1.82, 2.24) is 9.47 Å². The van der Waals surface area contributed by atoms with Crippen LogP contribution in [0, 0.1) is 13.8 Å². The van der Waals surface area contributed by atoms with E-state index in [2.05, 4.69) is 41.5 Å². The summed E-state index contributed by atoms with van der Waals surface area (Å²) in [7, 11) is 1.68. The first-order valence-electron chi connectivity index (χ1n) is 10.1. The largest absolute Gasteiger partial charge is 0.497 e. The highest BCUT2D eigenvalue weighted by molar-refractivity contribution is 5.92. The number of carbonyl (C=O) groups excluding carboxylic acids is 1. The van der Waals surface area contributed by atoms with Gasteiger partial charge >= 0.3 is 0 Å². The number of anilines is 1. The second-order valence-corrected chi connectivity index (χ2v) is 7.77. The lowest BCUT2D eigenvalue weighted by atomic mass is 10.2. The highest BCUT2D eigenvalue weighted by Gasteiger charge is 2.26. The van der Waals surface area contributed by atoms with Crippen molar-refractivity contribution >= 4 is 17.7 Å². The van der Waals surface area contributed by atoms with E-state index in [-0.39, 0.29) is 5.91 Å². The third-order valence-corrected chi connectivity index (χ3v) is 5.87. The molecule has 1 aliphatic heterocycles. The molecule has 0 atom stereocenters. The van der Waals surface area contributed by atoms with E-state index in [1.165, 1.54) is 29.9 Å². The van der Waals surface area contributed by atoms with E-state index >= 15 is 0 Å². The summed E-state index contributed by atoms with van der Waals surface area (Å²) >= 11 is 0. The molecule has 1 aromatic carbocycles. The quantitative estimate of drug-likeness (QED) is 0.742. The second kappa shape index (κ2) is 7.74. The molecule has 2 aromatic rings. The Morgan fingerprint density at radius 1 is 1.07 bits per heavy atom. The van der Waals surface area contributed by atoms with Gasteiger partial charge in [0.05, 0.1) is 7.11 Å². The first kappa shape index (κ1) is 18.7. The summed E-state index contributed by atoms with van der Waals surface area (Å²) in [6.07, 6.45) is 6.27. The van der Waals surface area contributed by atoms with Crippen molar-refractivity contribution in [2.24, 2.45) is 0 Å². The van der Waals surface area contributed by atoms with E-state index in [0.29, 0.717) is 6.04 Å². The number of amides is 1.